The average Bonchev–Trinajstić information content (AvgIpc) is 2.88. The number of amides is 2. The van der Waals surface area contributed by atoms with Gasteiger partial charge in [-0.1, -0.05) is 78.1 Å². The summed E-state index contributed by atoms with van der Waals surface area (Å²) in [6.45, 7) is 2.95. The van der Waals surface area contributed by atoms with E-state index in [1.54, 1.807) is 0 Å². The first-order valence-electron chi connectivity index (χ1n) is 14.6. The number of cyclic esters (lactones) is 2. The number of ether oxygens (including phenoxy) is 2. The third-order valence-corrected chi connectivity index (χ3v) is 6.76. The van der Waals surface area contributed by atoms with Crippen LogP contribution in [0.1, 0.15) is 117 Å². The van der Waals surface area contributed by atoms with Crippen LogP contribution in [0.3, 0.4) is 0 Å². The molecule has 4 N–H and O–H groups in total. The maximum atomic E-state index is 12.8. The molecule has 4 atom stereocenters. The Labute approximate surface area is 227 Å². The number of aliphatic hydroxyl groups is 2. The van der Waals surface area contributed by atoms with Gasteiger partial charge in [-0.3, -0.25) is 9.59 Å². The molecule has 0 aromatic heterocycles. The Morgan fingerprint density at radius 3 is 1.29 bits per heavy atom. The second-order valence-electron chi connectivity index (χ2n) is 10.2. The van der Waals surface area contributed by atoms with Gasteiger partial charge in [0.2, 0.25) is 11.8 Å². The molecular formula is C28H50N2O8. The van der Waals surface area contributed by atoms with Crippen LogP contribution in [0.25, 0.3) is 0 Å². The van der Waals surface area contributed by atoms with Gasteiger partial charge < -0.3 is 30.3 Å². The van der Waals surface area contributed by atoms with Gasteiger partial charge in [-0.2, -0.15) is 0 Å². The summed E-state index contributed by atoms with van der Waals surface area (Å²) in [5.74, 6) is -2.74. The summed E-state index contributed by atoms with van der Waals surface area (Å²) in [5.41, 5.74) is 0. The largest absolute Gasteiger partial charge is 0.460 e. The Bertz CT molecular complexity index is 702. The molecule has 0 spiro atoms. The summed E-state index contributed by atoms with van der Waals surface area (Å²) in [7, 11) is 0. The Hall–Kier alpha value is -2.20. The van der Waals surface area contributed by atoms with Crippen molar-refractivity contribution in [3.63, 3.8) is 0 Å². The predicted octanol–water partition coefficient (Wildman–Crippen LogP) is 3.06. The van der Waals surface area contributed by atoms with Crippen LogP contribution in [0, 0.1) is 0 Å². The van der Waals surface area contributed by atoms with Crippen molar-refractivity contribution in [2.45, 2.75) is 141 Å². The number of aliphatic hydroxyl groups excluding tert-OH is 2. The Kier molecular flexibility index (Phi) is 18.4. The number of unbranched alkanes of at least 4 members (excludes halogenated alkanes) is 10. The van der Waals surface area contributed by atoms with Gasteiger partial charge in [0.15, 0.2) is 12.1 Å². The highest BCUT2D eigenvalue weighted by atomic mass is 16.6. The second-order valence-corrected chi connectivity index (χ2v) is 10.2. The summed E-state index contributed by atoms with van der Waals surface area (Å²) in [4.78, 5) is 50.9. The fraction of sp³-hybridized carbons (Fsp3) is 0.857. The standard InChI is InChI=1S/C28H50N2O8/c1-3-5-7-9-10-12-14-16-22-18-26(34)30-23(19-31)27(35)37-21(15-13-11-8-6-4-2)17-25(33)29-24(20-32)28(36)38-22/h21-24,31-32H,3-20H2,1-2H3,(H,29,33)(H,30,34)/t21?,22?,23-,24-/m0/s1. The molecule has 0 bridgehead atoms. The normalized spacial score (nSPS) is 23.7. The van der Waals surface area contributed by atoms with Crippen LogP contribution in [0.5, 0.6) is 0 Å². The number of hydrogen-bond acceptors (Lipinski definition) is 8. The Morgan fingerprint density at radius 1 is 0.605 bits per heavy atom. The topological polar surface area (TPSA) is 151 Å². The molecule has 0 aliphatic carbocycles. The van der Waals surface area contributed by atoms with E-state index in [9.17, 15) is 29.4 Å². The minimum atomic E-state index is -1.28. The van der Waals surface area contributed by atoms with Crippen molar-refractivity contribution in [3.05, 3.63) is 0 Å². The van der Waals surface area contributed by atoms with Crippen molar-refractivity contribution in [2.24, 2.45) is 0 Å². The molecule has 10 heteroatoms. The molecule has 1 fully saturated rings. The summed E-state index contributed by atoms with van der Waals surface area (Å²) in [5, 5.41) is 24.4. The van der Waals surface area contributed by atoms with E-state index in [0.717, 1.165) is 64.2 Å². The van der Waals surface area contributed by atoms with E-state index in [2.05, 4.69) is 24.5 Å². The minimum absolute atomic E-state index is 0.210. The number of nitrogens with one attached hydrogen (secondary N) is 2. The third-order valence-electron chi connectivity index (χ3n) is 6.76. The summed E-state index contributed by atoms with van der Waals surface area (Å²) in [6.07, 6.45) is 11.0. The lowest BCUT2D eigenvalue weighted by molar-refractivity contribution is -0.160. The second kappa shape index (κ2) is 20.7. The molecule has 1 aliphatic rings. The molecule has 2 unspecified atom stereocenters. The first-order chi connectivity index (χ1) is 18.3. The van der Waals surface area contributed by atoms with Crippen LogP contribution < -0.4 is 10.6 Å². The van der Waals surface area contributed by atoms with Crippen molar-refractivity contribution in [2.75, 3.05) is 13.2 Å². The summed E-state index contributed by atoms with van der Waals surface area (Å²) < 4.78 is 11.0. The SMILES string of the molecule is CCCCCCCCCC1CC(=O)N[C@@H](CO)C(=O)OC(CCCCCCC)CC(=O)N[C@@H](CO)C(=O)O1. The molecule has 1 heterocycles. The van der Waals surface area contributed by atoms with Crippen LogP contribution in [-0.2, 0) is 28.7 Å². The zero-order chi connectivity index (χ0) is 28.2. The highest BCUT2D eigenvalue weighted by Gasteiger charge is 2.31. The van der Waals surface area contributed by atoms with E-state index < -0.39 is 61.3 Å². The first kappa shape index (κ1) is 33.8. The lowest BCUT2D eigenvalue weighted by Gasteiger charge is -2.25. The van der Waals surface area contributed by atoms with Gasteiger partial charge in [0.1, 0.15) is 12.2 Å². The van der Waals surface area contributed by atoms with Crippen LogP contribution in [0.2, 0.25) is 0 Å². The van der Waals surface area contributed by atoms with Crippen molar-refractivity contribution < 1.29 is 38.9 Å². The zero-order valence-electron chi connectivity index (χ0n) is 23.4. The number of carbonyl (C=O) groups is 4. The van der Waals surface area contributed by atoms with Crippen LogP contribution in [-0.4, -0.2) is 71.5 Å². The van der Waals surface area contributed by atoms with Gasteiger partial charge in [0, 0.05) is 0 Å². The number of hydrogen-bond donors (Lipinski definition) is 4. The van der Waals surface area contributed by atoms with Crippen LogP contribution in [0.4, 0.5) is 0 Å². The van der Waals surface area contributed by atoms with E-state index in [-0.39, 0.29) is 12.8 Å². The fourth-order valence-electron chi connectivity index (χ4n) is 4.48. The van der Waals surface area contributed by atoms with Gasteiger partial charge >= 0.3 is 11.9 Å². The van der Waals surface area contributed by atoms with Crippen LogP contribution in [0.15, 0.2) is 0 Å². The Morgan fingerprint density at radius 2 is 0.947 bits per heavy atom. The molecule has 0 saturated carbocycles. The molecule has 1 rings (SSSR count). The highest BCUT2D eigenvalue weighted by molar-refractivity contribution is 5.87. The van der Waals surface area contributed by atoms with Crippen molar-refractivity contribution >= 4 is 23.8 Å². The fourth-order valence-corrected chi connectivity index (χ4v) is 4.48. The minimum Gasteiger partial charge on any atom is -0.460 e. The number of rotatable bonds is 16. The maximum Gasteiger partial charge on any atom is 0.331 e. The molecule has 0 radical (unpaired) electrons. The van der Waals surface area contributed by atoms with Gasteiger partial charge in [0.25, 0.3) is 0 Å². The van der Waals surface area contributed by atoms with Crippen molar-refractivity contribution in [3.8, 4) is 0 Å². The third kappa shape index (κ3) is 14.7. The number of esters is 2. The molecule has 0 aromatic carbocycles. The summed E-state index contributed by atoms with van der Waals surface area (Å²) >= 11 is 0. The molecule has 0 aromatic rings. The molecular weight excluding hydrogens is 492 g/mol. The van der Waals surface area contributed by atoms with Crippen molar-refractivity contribution in [1.82, 2.24) is 10.6 Å². The van der Waals surface area contributed by atoms with E-state index >= 15 is 0 Å². The Balaban J connectivity index is 2.89. The quantitative estimate of drug-likeness (QED) is 0.172. The van der Waals surface area contributed by atoms with E-state index in [0.29, 0.717) is 12.8 Å². The van der Waals surface area contributed by atoms with Crippen molar-refractivity contribution in [1.29, 1.82) is 0 Å². The average molecular weight is 543 g/mol. The van der Waals surface area contributed by atoms with Gasteiger partial charge in [-0.25, -0.2) is 9.59 Å². The van der Waals surface area contributed by atoms with Crippen LogP contribution >= 0.6 is 0 Å². The van der Waals surface area contributed by atoms with E-state index in [1.807, 2.05) is 0 Å². The zero-order valence-corrected chi connectivity index (χ0v) is 23.4. The van der Waals surface area contributed by atoms with Gasteiger partial charge in [-0.05, 0) is 25.7 Å². The monoisotopic (exact) mass is 542 g/mol. The predicted molar refractivity (Wildman–Crippen MR) is 143 cm³/mol. The van der Waals surface area contributed by atoms with E-state index in [1.165, 1.54) is 12.8 Å². The first-order valence-corrected chi connectivity index (χ1v) is 14.6. The maximum absolute atomic E-state index is 12.8. The summed E-state index contributed by atoms with van der Waals surface area (Å²) in [6, 6.07) is -2.56. The van der Waals surface area contributed by atoms with Gasteiger partial charge in [0.05, 0.1) is 26.1 Å². The molecule has 2 amide bonds. The molecule has 1 aliphatic heterocycles. The van der Waals surface area contributed by atoms with E-state index in [4.69, 9.17) is 9.47 Å². The molecule has 1 saturated heterocycles. The highest BCUT2D eigenvalue weighted by Crippen LogP contribution is 2.17. The molecule has 10 nitrogen and oxygen atoms in total. The van der Waals surface area contributed by atoms with Gasteiger partial charge in [-0.15, -0.1) is 0 Å². The lowest BCUT2D eigenvalue weighted by Crippen LogP contribution is -2.49. The lowest BCUT2D eigenvalue weighted by atomic mass is 10.0. The smallest absolute Gasteiger partial charge is 0.331 e. The number of carbonyl (C=O) groups excluding carboxylic acids is 4. The molecule has 38 heavy (non-hydrogen) atoms. The molecule has 220 valence electrons.